The fraction of sp³-hybridized carbons (Fsp3) is 0.444. The van der Waals surface area contributed by atoms with Crippen LogP contribution in [0.15, 0.2) is 12.1 Å². The molecule has 16 heavy (non-hydrogen) atoms. The van der Waals surface area contributed by atoms with Crippen LogP contribution >= 0.6 is 11.6 Å². The van der Waals surface area contributed by atoms with Crippen LogP contribution in [0.3, 0.4) is 0 Å². The Bertz CT molecular complexity index is 376. The van der Waals surface area contributed by atoms with E-state index in [1.54, 1.807) is 12.1 Å². The van der Waals surface area contributed by atoms with Gasteiger partial charge in [0.1, 0.15) is 6.09 Å². The summed E-state index contributed by atoms with van der Waals surface area (Å²) in [5.41, 5.74) is 0. The number of hydrogen-bond acceptors (Lipinski definition) is 5. The Morgan fingerprint density at radius 3 is 2.44 bits per heavy atom. The van der Waals surface area contributed by atoms with Crippen molar-refractivity contribution in [2.24, 2.45) is 0 Å². The number of carboxylic acid groups (broad SMARTS) is 1. The van der Waals surface area contributed by atoms with E-state index in [9.17, 15) is 9.90 Å². The van der Waals surface area contributed by atoms with Crippen molar-refractivity contribution in [3.05, 3.63) is 17.3 Å². The van der Waals surface area contributed by atoms with E-state index in [4.69, 9.17) is 11.6 Å². The summed E-state index contributed by atoms with van der Waals surface area (Å²) in [4.78, 5) is 13.8. The zero-order valence-corrected chi connectivity index (χ0v) is 9.22. The van der Waals surface area contributed by atoms with Crippen LogP contribution in [0.5, 0.6) is 0 Å². The van der Waals surface area contributed by atoms with Gasteiger partial charge in [0.2, 0.25) is 0 Å². The van der Waals surface area contributed by atoms with E-state index < -0.39 is 6.09 Å². The van der Waals surface area contributed by atoms with E-state index in [2.05, 4.69) is 10.2 Å². The molecule has 1 aliphatic rings. The van der Waals surface area contributed by atoms with Crippen molar-refractivity contribution in [3.63, 3.8) is 0 Å². The fourth-order valence-electron chi connectivity index (χ4n) is 1.60. The second-order valence-corrected chi connectivity index (χ2v) is 3.84. The molecule has 1 aromatic heterocycles. The molecule has 1 amide bonds. The lowest BCUT2D eigenvalue weighted by molar-refractivity contribution is -0.265. The highest BCUT2D eigenvalue weighted by atomic mass is 35.5. The van der Waals surface area contributed by atoms with E-state index >= 15 is 0 Å². The molecule has 0 atom stereocenters. The fourth-order valence-corrected chi connectivity index (χ4v) is 1.70. The van der Waals surface area contributed by atoms with Gasteiger partial charge in [-0.25, -0.2) is 0 Å². The molecule has 0 saturated carbocycles. The number of rotatable bonds is 1. The Kier molecular flexibility index (Phi) is 3.09. The third-order valence-corrected chi connectivity index (χ3v) is 2.68. The molecule has 0 radical (unpaired) electrons. The van der Waals surface area contributed by atoms with Crippen LogP contribution in [-0.4, -0.2) is 47.4 Å². The van der Waals surface area contributed by atoms with Gasteiger partial charge in [0, 0.05) is 26.2 Å². The van der Waals surface area contributed by atoms with Crippen LogP contribution in [0, 0.1) is 0 Å². The first-order chi connectivity index (χ1) is 7.66. The number of carbonyl (C=O) groups excluding carboxylic acids is 1. The topological polar surface area (TPSA) is 72.4 Å². The van der Waals surface area contributed by atoms with E-state index in [-0.39, 0.29) is 0 Å². The molecule has 0 bridgehead atoms. The van der Waals surface area contributed by atoms with Gasteiger partial charge in [-0.15, -0.1) is 10.2 Å². The lowest BCUT2D eigenvalue weighted by Gasteiger charge is -2.36. The number of amides is 1. The Balaban J connectivity index is 1.99. The number of aromatic nitrogens is 2. The summed E-state index contributed by atoms with van der Waals surface area (Å²) < 4.78 is 0. The molecule has 86 valence electrons. The number of hydrogen-bond donors (Lipinski definition) is 0. The number of carbonyl (C=O) groups is 1. The third kappa shape index (κ3) is 2.33. The van der Waals surface area contributed by atoms with Gasteiger partial charge >= 0.3 is 0 Å². The lowest BCUT2D eigenvalue weighted by Crippen LogP contribution is -2.52. The van der Waals surface area contributed by atoms with E-state index in [1.807, 2.05) is 4.90 Å². The number of halogens is 1. The maximum atomic E-state index is 10.6. The highest BCUT2D eigenvalue weighted by Crippen LogP contribution is 2.13. The van der Waals surface area contributed by atoms with Crippen LogP contribution in [-0.2, 0) is 0 Å². The normalized spacial score (nSPS) is 16.3. The average Bonchev–Trinajstić information content (AvgIpc) is 2.30. The predicted molar refractivity (Wildman–Crippen MR) is 56.2 cm³/mol. The maximum Gasteiger partial charge on any atom is 0.151 e. The Morgan fingerprint density at radius 2 is 1.94 bits per heavy atom. The molecule has 1 saturated heterocycles. The minimum atomic E-state index is -1.12. The quantitative estimate of drug-likeness (QED) is 0.669. The second-order valence-electron chi connectivity index (χ2n) is 3.45. The van der Waals surface area contributed by atoms with Crippen LogP contribution in [0.1, 0.15) is 0 Å². The van der Waals surface area contributed by atoms with E-state index in [1.165, 1.54) is 4.90 Å². The molecule has 0 aromatic carbocycles. The maximum absolute atomic E-state index is 10.6. The van der Waals surface area contributed by atoms with Crippen molar-refractivity contribution in [2.45, 2.75) is 0 Å². The molecular formula is C9H10ClN4O2-. The van der Waals surface area contributed by atoms with Gasteiger partial charge < -0.3 is 19.7 Å². The molecule has 0 N–H and O–H groups in total. The lowest BCUT2D eigenvalue weighted by atomic mass is 10.3. The zero-order chi connectivity index (χ0) is 11.5. The predicted octanol–water partition coefficient (Wildman–Crippen LogP) is -0.405. The Morgan fingerprint density at radius 1 is 1.25 bits per heavy atom. The second kappa shape index (κ2) is 4.52. The van der Waals surface area contributed by atoms with Crippen LogP contribution < -0.4 is 10.0 Å². The number of piperazine rings is 1. The highest BCUT2D eigenvalue weighted by Gasteiger charge is 2.17. The number of anilines is 1. The summed E-state index contributed by atoms with van der Waals surface area (Å²) in [6.07, 6.45) is -1.12. The van der Waals surface area contributed by atoms with Crippen LogP contribution in [0.4, 0.5) is 10.6 Å². The monoisotopic (exact) mass is 241 g/mol. The average molecular weight is 242 g/mol. The molecule has 2 heterocycles. The minimum absolute atomic E-state index is 0.345. The summed E-state index contributed by atoms with van der Waals surface area (Å²) in [7, 11) is 0. The van der Waals surface area contributed by atoms with Gasteiger partial charge in [0.25, 0.3) is 0 Å². The molecule has 1 aliphatic heterocycles. The van der Waals surface area contributed by atoms with Crippen molar-refractivity contribution < 1.29 is 9.90 Å². The summed E-state index contributed by atoms with van der Waals surface area (Å²) in [6, 6.07) is 3.43. The number of nitrogens with zero attached hydrogens (tertiary/aromatic N) is 4. The zero-order valence-electron chi connectivity index (χ0n) is 8.47. The van der Waals surface area contributed by atoms with Gasteiger partial charge in [0.15, 0.2) is 11.0 Å². The Labute approximate surface area is 97.4 Å². The van der Waals surface area contributed by atoms with Crippen LogP contribution in [0.25, 0.3) is 0 Å². The third-order valence-electron chi connectivity index (χ3n) is 2.48. The van der Waals surface area contributed by atoms with E-state index in [0.717, 1.165) is 0 Å². The molecule has 0 spiro atoms. The SMILES string of the molecule is O=C([O-])N1CCN(c2ccc(Cl)nn2)CC1. The summed E-state index contributed by atoms with van der Waals surface area (Å²) >= 11 is 5.63. The minimum Gasteiger partial charge on any atom is -0.530 e. The van der Waals surface area contributed by atoms with Crippen molar-refractivity contribution in [1.82, 2.24) is 15.1 Å². The van der Waals surface area contributed by atoms with Gasteiger partial charge in [-0.2, -0.15) is 0 Å². The van der Waals surface area contributed by atoms with Crippen molar-refractivity contribution in [3.8, 4) is 0 Å². The first-order valence-electron chi connectivity index (χ1n) is 4.87. The molecular weight excluding hydrogens is 232 g/mol. The molecule has 1 aromatic rings. The Hall–Kier alpha value is -1.56. The van der Waals surface area contributed by atoms with Crippen molar-refractivity contribution in [1.29, 1.82) is 0 Å². The summed E-state index contributed by atoms with van der Waals surface area (Å²) in [5.74, 6) is 0.711. The summed E-state index contributed by atoms with van der Waals surface area (Å²) in [5, 5.41) is 18.6. The molecule has 7 heteroatoms. The molecule has 0 unspecified atom stereocenters. The molecule has 1 fully saturated rings. The summed E-state index contributed by atoms with van der Waals surface area (Å²) in [6.45, 7) is 2.02. The molecule has 2 rings (SSSR count). The van der Waals surface area contributed by atoms with Crippen molar-refractivity contribution >= 4 is 23.5 Å². The van der Waals surface area contributed by atoms with Crippen molar-refractivity contribution in [2.75, 3.05) is 31.1 Å². The van der Waals surface area contributed by atoms with E-state index in [0.29, 0.717) is 37.1 Å². The molecule has 0 aliphatic carbocycles. The van der Waals surface area contributed by atoms with Gasteiger partial charge in [-0.1, -0.05) is 11.6 Å². The van der Waals surface area contributed by atoms with Gasteiger partial charge in [-0.3, -0.25) is 0 Å². The first kappa shape index (κ1) is 10.9. The largest absolute Gasteiger partial charge is 0.530 e. The van der Waals surface area contributed by atoms with Gasteiger partial charge in [0.05, 0.1) is 0 Å². The van der Waals surface area contributed by atoms with Gasteiger partial charge in [-0.05, 0) is 12.1 Å². The molecule has 6 nitrogen and oxygen atoms in total. The smallest absolute Gasteiger partial charge is 0.151 e. The van der Waals surface area contributed by atoms with Crippen LogP contribution in [0.2, 0.25) is 5.15 Å². The highest BCUT2D eigenvalue weighted by molar-refractivity contribution is 6.29. The first-order valence-corrected chi connectivity index (χ1v) is 5.25. The standard InChI is InChI=1S/C9H11ClN4O2/c10-7-1-2-8(12-11-7)13-3-5-14(6-4-13)9(15)16/h1-2H,3-6H2,(H,15,16)/p-1.